The molecule has 192 valence electrons. The zero-order chi connectivity index (χ0) is 26.6. The summed E-state index contributed by atoms with van der Waals surface area (Å²) >= 11 is 0. The van der Waals surface area contributed by atoms with Crippen molar-refractivity contribution in [2.24, 2.45) is 11.8 Å². The highest BCUT2D eigenvalue weighted by atomic mass is 16.5. The van der Waals surface area contributed by atoms with Gasteiger partial charge < -0.3 is 19.7 Å². The molecule has 0 aliphatic rings. The van der Waals surface area contributed by atoms with Crippen molar-refractivity contribution in [2.45, 2.75) is 72.6 Å². The lowest BCUT2D eigenvalue weighted by Crippen LogP contribution is -2.31. The largest absolute Gasteiger partial charge is 0.492 e. The van der Waals surface area contributed by atoms with Crippen LogP contribution in [0.5, 0.6) is 11.5 Å². The molecule has 0 fully saturated rings. The van der Waals surface area contributed by atoms with E-state index in [0.717, 1.165) is 22.3 Å². The Balaban J connectivity index is 2.17. The van der Waals surface area contributed by atoms with Gasteiger partial charge in [0.2, 0.25) is 0 Å². The fourth-order valence-electron chi connectivity index (χ4n) is 3.92. The fraction of sp³-hybridized carbons (Fsp3) is 0.517. The van der Waals surface area contributed by atoms with Gasteiger partial charge in [0.1, 0.15) is 24.7 Å². The third kappa shape index (κ3) is 8.01. The standard InChI is InChI=1S/C29H40O6/c1-18-9-11-24(22(13-18)28(3,4)5)34-16-20(26(30)31)15-21(27(32)33)17-35-25-12-10-19(2)14-23(25)29(6,7)8/h9-14,20-21H,15-17H2,1-8H3,(H,30,31)(H,32,33). The Morgan fingerprint density at radius 3 is 1.34 bits per heavy atom. The number of carboxylic acids is 2. The molecule has 35 heavy (non-hydrogen) atoms. The second-order valence-electron chi connectivity index (χ2n) is 11.4. The number of benzene rings is 2. The molecule has 2 aromatic rings. The van der Waals surface area contributed by atoms with Gasteiger partial charge in [-0.05, 0) is 54.4 Å². The molecule has 0 saturated carbocycles. The Labute approximate surface area is 209 Å². The van der Waals surface area contributed by atoms with Crippen LogP contribution in [-0.4, -0.2) is 35.4 Å². The first-order chi connectivity index (χ1) is 16.1. The first-order valence-corrected chi connectivity index (χ1v) is 12.0. The average Bonchev–Trinajstić information content (AvgIpc) is 2.72. The van der Waals surface area contributed by atoms with Crippen LogP contribution in [0.2, 0.25) is 0 Å². The van der Waals surface area contributed by atoms with Gasteiger partial charge in [-0.1, -0.05) is 76.9 Å². The van der Waals surface area contributed by atoms with Crippen LogP contribution in [0.1, 0.15) is 70.2 Å². The molecule has 2 atom stereocenters. The minimum atomic E-state index is -1.09. The fourth-order valence-corrected chi connectivity index (χ4v) is 3.92. The van der Waals surface area contributed by atoms with Crippen LogP contribution in [0.3, 0.4) is 0 Å². The van der Waals surface area contributed by atoms with Crippen LogP contribution in [0.25, 0.3) is 0 Å². The molecule has 2 aromatic carbocycles. The van der Waals surface area contributed by atoms with E-state index in [9.17, 15) is 19.8 Å². The maximum atomic E-state index is 12.0. The first kappa shape index (κ1) is 28.2. The highest BCUT2D eigenvalue weighted by Gasteiger charge is 2.30. The van der Waals surface area contributed by atoms with Gasteiger partial charge in [-0.3, -0.25) is 9.59 Å². The molecule has 2 rings (SSSR count). The van der Waals surface area contributed by atoms with Crippen LogP contribution in [0.15, 0.2) is 36.4 Å². The van der Waals surface area contributed by atoms with Crippen molar-refractivity contribution >= 4 is 11.9 Å². The van der Waals surface area contributed by atoms with Crippen LogP contribution >= 0.6 is 0 Å². The van der Waals surface area contributed by atoms with Crippen LogP contribution in [0.4, 0.5) is 0 Å². The van der Waals surface area contributed by atoms with Crippen molar-refractivity contribution in [2.75, 3.05) is 13.2 Å². The molecule has 0 spiro atoms. The second kappa shape index (κ2) is 11.1. The smallest absolute Gasteiger partial charge is 0.309 e. The monoisotopic (exact) mass is 484 g/mol. The molecule has 0 aliphatic carbocycles. The molecule has 2 N–H and O–H groups in total. The lowest BCUT2D eigenvalue weighted by Gasteiger charge is -2.26. The van der Waals surface area contributed by atoms with Gasteiger partial charge in [-0.2, -0.15) is 0 Å². The summed E-state index contributed by atoms with van der Waals surface area (Å²) in [4.78, 5) is 24.0. The van der Waals surface area contributed by atoms with Crippen LogP contribution < -0.4 is 9.47 Å². The molecule has 6 nitrogen and oxygen atoms in total. The quantitative estimate of drug-likeness (QED) is 0.420. The molecule has 0 radical (unpaired) electrons. The molecule has 0 bridgehead atoms. The summed E-state index contributed by atoms with van der Waals surface area (Å²) in [5.74, 6) is -2.93. The number of hydrogen-bond donors (Lipinski definition) is 2. The van der Waals surface area contributed by atoms with E-state index in [1.165, 1.54) is 0 Å². The first-order valence-electron chi connectivity index (χ1n) is 12.0. The minimum absolute atomic E-state index is 0.0991. The summed E-state index contributed by atoms with van der Waals surface area (Å²) in [7, 11) is 0. The van der Waals surface area contributed by atoms with Crippen LogP contribution in [-0.2, 0) is 20.4 Å². The zero-order valence-electron chi connectivity index (χ0n) is 22.3. The van der Waals surface area contributed by atoms with Crippen molar-refractivity contribution < 1.29 is 29.3 Å². The third-order valence-corrected chi connectivity index (χ3v) is 6.03. The van der Waals surface area contributed by atoms with Crippen LogP contribution in [0, 0.1) is 25.7 Å². The minimum Gasteiger partial charge on any atom is -0.492 e. The van der Waals surface area contributed by atoms with Crippen molar-refractivity contribution in [1.82, 2.24) is 0 Å². The van der Waals surface area contributed by atoms with Gasteiger partial charge in [0.25, 0.3) is 0 Å². The molecule has 0 heterocycles. The lowest BCUT2D eigenvalue weighted by molar-refractivity contribution is -0.147. The predicted molar refractivity (Wildman–Crippen MR) is 138 cm³/mol. The summed E-state index contributed by atoms with van der Waals surface area (Å²) in [6.45, 7) is 16.2. The Morgan fingerprint density at radius 2 is 1.06 bits per heavy atom. The van der Waals surface area contributed by atoms with Gasteiger partial charge in [0.15, 0.2) is 0 Å². The van der Waals surface area contributed by atoms with E-state index in [2.05, 4.69) is 41.5 Å². The number of aryl methyl sites for hydroxylation is 2. The van der Waals surface area contributed by atoms with Gasteiger partial charge in [0, 0.05) is 0 Å². The van der Waals surface area contributed by atoms with E-state index in [1.54, 1.807) is 0 Å². The molecule has 0 amide bonds. The normalized spacial score (nSPS) is 13.7. The molecular weight excluding hydrogens is 444 g/mol. The van der Waals surface area contributed by atoms with Gasteiger partial charge in [0.05, 0.1) is 11.8 Å². The van der Waals surface area contributed by atoms with Crippen molar-refractivity contribution in [3.63, 3.8) is 0 Å². The molecule has 6 heteroatoms. The SMILES string of the molecule is Cc1ccc(OCC(CC(COc2ccc(C)cc2C(C)(C)C)C(=O)O)C(=O)O)c(C(C)(C)C)c1. The summed E-state index contributed by atoms with van der Waals surface area (Å²) in [5, 5.41) is 19.6. The number of carboxylic acid groups (broad SMARTS) is 2. The molecule has 0 aliphatic heterocycles. The van der Waals surface area contributed by atoms with Crippen molar-refractivity contribution in [1.29, 1.82) is 0 Å². The van der Waals surface area contributed by atoms with E-state index in [-0.39, 0.29) is 30.5 Å². The molecule has 0 aromatic heterocycles. The van der Waals surface area contributed by atoms with Crippen molar-refractivity contribution in [3.05, 3.63) is 58.7 Å². The van der Waals surface area contributed by atoms with Crippen molar-refractivity contribution in [3.8, 4) is 11.5 Å². The maximum absolute atomic E-state index is 12.0. The molecular formula is C29H40O6. The summed E-state index contributed by atoms with van der Waals surface area (Å²) < 4.78 is 11.9. The second-order valence-corrected chi connectivity index (χ2v) is 11.4. The highest BCUT2D eigenvalue weighted by molar-refractivity contribution is 5.74. The highest BCUT2D eigenvalue weighted by Crippen LogP contribution is 2.34. The predicted octanol–water partition coefficient (Wildman–Crippen LogP) is 6.15. The number of ether oxygens (including phenoxy) is 2. The zero-order valence-corrected chi connectivity index (χ0v) is 22.3. The van der Waals surface area contributed by atoms with E-state index < -0.39 is 23.8 Å². The van der Waals surface area contributed by atoms with E-state index in [1.807, 2.05) is 50.2 Å². The Kier molecular flexibility index (Phi) is 8.99. The summed E-state index contributed by atoms with van der Waals surface area (Å²) in [5.41, 5.74) is 3.77. The Hall–Kier alpha value is -3.02. The topological polar surface area (TPSA) is 93.1 Å². The maximum Gasteiger partial charge on any atom is 0.309 e. The van der Waals surface area contributed by atoms with E-state index >= 15 is 0 Å². The lowest BCUT2D eigenvalue weighted by atomic mass is 9.85. The van der Waals surface area contributed by atoms with Gasteiger partial charge in [-0.15, -0.1) is 0 Å². The van der Waals surface area contributed by atoms with Gasteiger partial charge >= 0.3 is 11.9 Å². The average molecular weight is 485 g/mol. The number of aliphatic carboxylic acids is 2. The van der Waals surface area contributed by atoms with Gasteiger partial charge in [-0.25, -0.2) is 0 Å². The summed E-state index contributed by atoms with van der Waals surface area (Å²) in [6, 6.07) is 11.6. The third-order valence-electron chi connectivity index (χ3n) is 6.03. The molecule has 0 saturated heterocycles. The Morgan fingerprint density at radius 1 is 0.714 bits per heavy atom. The Bertz CT molecular complexity index is 959. The van der Waals surface area contributed by atoms with E-state index in [0.29, 0.717) is 11.5 Å². The molecule has 2 unspecified atom stereocenters. The number of carbonyl (C=O) groups is 2. The summed E-state index contributed by atoms with van der Waals surface area (Å²) in [6.07, 6.45) is -0.0991. The van der Waals surface area contributed by atoms with E-state index in [4.69, 9.17) is 9.47 Å². The number of rotatable bonds is 10. The number of hydrogen-bond acceptors (Lipinski definition) is 4.